The maximum absolute atomic E-state index is 13.6. The summed E-state index contributed by atoms with van der Waals surface area (Å²) in [6.07, 6.45) is 0.574. The molecule has 6 nitrogen and oxygen atoms in total. The summed E-state index contributed by atoms with van der Waals surface area (Å²) in [5.41, 5.74) is 1.96. The lowest BCUT2D eigenvalue weighted by Crippen LogP contribution is -2.65. The van der Waals surface area contributed by atoms with E-state index in [4.69, 9.17) is 9.47 Å². The van der Waals surface area contributed by atoms with Crippen molar-refractivity contribution in [2.75, 3.05) is 14.2 Å². The third-order valence-corrected chi connectivity index (χ3v) is 5.86. The molecule has 2 aromatic rings. The van der Waals surface area contributed by atoms with Crippen molar-refractivity contribution in [3.63, 3.8) is 0 Å². The summed E-state index contributed by atoms with van der Waals surface area (Å²) < 4.78 is 10.5. The van der Waals surface area contributed by atoms with Gasteiger partial charge in [0.05, 0.1) is 14.2 Å². The van der Waals surface area contributed by atoms with E-state index >= 15 is 0 Å². The number of hydrogen-bond donors (Lipinski definition) is 0. The molecule has 2 aromatic carbocycles. The quantitative estimate of drug-likeness (QED) is 0.645. The highest BCUT2D eigenvalue weighted by Gasteiger charge is 2.46. The van der Waals surface area contributed by atoms with Gasteiger partial charge in [0.1, 0.15) is 23.6 Å². The van der Waals surface area contributed by atoms with Gasteiger partial charge in [-0.2, -0.15) is 0 Å². The van der Waals surface area contributed by atoms with Gasteiger partial charge in [-0.3, -0.25) is 9.59 Å². The van der Waals surface area contributed by atoms with Crippen LogP contribution in [0.1, 0.15) is 38.3 Å². The van der Waals surface area contributed by atoms with E-state index in [0.717, 1.165) is 22.6 Å². The molecule has 0 radical (unpaired) electrons. The van der Waals surface area contributed by atoms with E-state index in [1.807, 2.05) is 69.3 Å². The molecule has 2 amide bonds. The summed E-state index contributed by atoms with van der Waals surface area (Å²) >= 11 is 0. The maximum Gasteiger partial charge on any atom is 0.246 e. The minimum atomic E-state index is -0.490. The molecule has 1 aliphatic rings. The first-order valence-electron chi connectivity index (χ1n) is 10.8. The lowest BCUT2D eigenvalue weighted by Gasteiger charge is -2.46. The molecule has 1 heterocycles. The van der Waals surface area contributed by atoms with Crippen LogP contribution in [0.3, 0.4) is 0 Å². The minimum absolute atomic E-state index is 0.00475. The Bertz CT molecular complexity index is 893. The Balaban J connectivity index is 1.87. The fraction of sp³-hybridized carbons (Fsp3) is 0.440. The van der Waals surface area contributed by atoms with Gasteiger partial charge in [-0.05, 0) is 47.7 Å². The van der Waals surface area contributed by atoms with Crippen LogP contribution in [0, 0.1) is 5.92 Å². The Morgan fingerprint density at radius 2 is 1.23 bits per heavy atom. The molecule has 1 saturated heterocycles. The van der Waals surface area contributed by atoms with Crippen molar-refractivity contribution >= 4 is 11.8 Å². The van der Waals surface area contributed by atoms with Gasteiger partial charge >= 0.3 is 0 Å². The van der Waals surface area contributed by atoms with E-state index in [1.165, 1.54) is 0 Å². The number of amides is 2. The summed E-state index contributed by atoms with van der Waals surface area (Å²) in [5, 5.41) is 0. The molecule has 1 aliphatic heterocycles. The first-order chi connectivity index (χ1) is 14.9. The summed E-state index contributed by atoms with van der Waals surface area (Å²) in [7, 11) is 3.25. The number of benzene rings is 2. The van der Waals surface area contributed by atoms with Crippen molar-refractivity contribution in [2.24, 2.45) is 5.92 Å². The van der Waals surface area contributed by atoms with Crippen LogP contribution in [0.15, 0.2) is 48.5 Å². The number of carbonyl (C=O) groups excluding carboxylic acids is 2. The predicted molar refractivity (Wildman–Crippen MR) is 120 cm³/mol. The third-order valence-electron chi connectivity index (χ3n) is 5.86. The molecule has 0 aromatic heterocycles. The van der Waals surface area contributed by atoms with E-state index in [2.05, 4.69) is 0 Å². The number of rotatable bonds is 8. The van der Waals surface area contributed by atoms with Gasteiger partial charge in [0.25, 0.3) is 0 Å². The third kappa shape index (κ3) is 4.84. The van der Waals surface area contributed by atoms with E-state index in [9.17, 15) is 9.59 Å². The molecule has 0 spiro atoms. The van der Waals surface area contributed by atoms with Crippen LogP contribution < -0.4 is 9.47 Å². The monoisotopic (exact) mass is 424 g/mol. The van der Waals surface area contributed by atoms with Crippen molar-refractivity contribution < 1.29 is 19.1 Å². The van der Waals surface area contributed by atoms with Crippen molar-refractivity contribution in [3.8, 4) is 11.5 Å². The van der Waals surface area contributed by atoms with Crippen LogP contribution in [0.5, 0.6) is 11.5 Å². The first-order valence-corrected chi connectivity index (χ1v) is 10.8. The number of methoxy groups -OCH3 is 2. The van der Waals surface area contributed by atoms with Crippen molar-refractivity contribution in [1.82, 2.24) is 9.80 Å². The van der Waals surface area contributed by atoms with E-state index < -0.39 is 12.1 Å². The highest BCUT2D eigenvalue weighted by molar-refractivity contribution is 5.97. The van der Waals surface area contributed by atoms with E-state index in [0.29, 0.717) is 19.5 Å². The van der Waals surface area contributed by atoms with Gasteiger partial charge in [-0.1, -0.05) is 45.0 Å². The summed E-state index contributed by atoms with van der Waals surface area (Å²) in [6.45, 7) is 6.76. The van der Waals surface area contributed by atoms with Gasteiger partial charge in [-0.15, -0.1) is 0 Å². The molecular formula is C25H32N2O4. The molecule has 0 bridgehead atoms. The Labute approximate surface area is 184 Å². The summed E-state index contributed by atoms with van der Waals surface area (Å²) in [4.78, 5) is 30.6. The molecule has 166 valence electrons. The number of nitrogens with zero attached hydrogens (tertiary/aromatic N) is 2. The molecule has 31 heavy (non-hydrogen) atoms. The Hall–Kier alpha value is -3.02. The Morgan fingerprint density at radius 3 is 1.61 bits per heavy atom. The van der Waals surface area contributed by atoms with Crippen LogP contribution in [-0.2, 0) is 22.7 Å². The lowest BCUT2D eigenvalue weighted by molar-refractivity contribution is -0.165. The largest absolute Gasteiger partial charge is 0.497 e. The van der Waals surface area contributed by atoms with Crippen LogP contribution in [0.2, 0.25) is 0 Å². The molecule has 0 saturated carbocycles. The van der Waals surface area contributed by atoms with Crippen LogP contribution in [0.25, 0.3) is 0 Å². The molecule has 0 aliphatic carbocycles. The fourth-order valence-corrected chi connectivity index (χ4v) is 4.18. The van der Waals surface area contributed by atoms with Crippen LogP contribution in [-0.4, -0.2) is 47.9 Å². The second-order valence-corrected chi connectivity index (χ2v) is 8.24. The molecular weight excluding hydrogens is 392 g/mol. The van der Waals surface area contributed by atoms with E-state index in [-0.39, 0.29) is 17.7 Å². The van der Waals surface area contributed by atoms with Gasteiger partial charge < -0.3 is 19.3 Å². The zero-order chi connectivity index (χ0) is 22.5. The second kappa shape index (κ2) is 9.86. The zero-order valence-corrected chi connectivity index (χ0v) is 19.0. The standard InChI is InChI=1S/C25H32N2O4/c1-6-22-24(28)27(16-19-9-13-21(31-5)14-10-19)23(17(2)3)25(29)26(22)15-18-7-11-20(30-4)12-8-18/h7-14,17,22-23H,6,15-16H2,1-5H3/t22-,23-/m0/s1. The fourth-order valence-electron chi connectivity index (χ4n) is 4.18. The molecule has 2 atom stereocenters. The van der Waals surface area contributed by atoms with Crippen LogP contribution >= 0.6 is 0 Å². The highest BCUT2D eigenvalue weighted by atomic mass is 16.5. The van der Waals surface area contributed by atoms with Crippen molar-refractivity contribution in [2.45, 2.75) is 52.4 Å². The average molecular weight is 425 g/mol. The van der Waals surface area contributed by atoms with Gasteiger partial charge in [0.15, 0.2) is 0 Å². The van der Waals surface area contributed by atoms with Crippen LogP contribution in [0.4, 0.5) is 0 Å². The average Bonchev–Trinajstić information content (AvgIpc) is 2.78. The summed E-state index contributed by atoms with van der Waals surface area (Å²) in [5.74, 6) is 1.55. The number of hydrogen-bond acceptors (Lipinski definition) is 4. The number of piperazine rings is 1. The van der Waals surface area contributed by atoms with Crippen molar-refractivity contribution in [1.29, 1.82) is 0 Å². The molecule has 3 rings (SSSR count). The molecule has 0 unspecified atom stereocenters. The topological polar surface area (TPSA) is 59.1 Å². The Kier molecular flexibility index (Phi) is 7.21. The number of ether oxygens (including phenoxy) is 2. The van der Waals surface area contributed by atoms with Crippen molar-refractivity contribution in [3.05, 3.63) is 59.7 Å². The van der Waals surface area contributed by atoms with E-state index in [1.54, 1.807) is 24.0 Å². The minimum Gasteiger partial charge on any atom is -0.497 e. The first kappa shape index (κ1) is 22.7. The second-order valence-electron chi connectivity index (χ2n) is 8.24. The van der Waals surface area contributed by atoms with Gasteiger partial charge in [0.2, 0.25) is 11.8 Å². The molecule has 0 N–H and O–H groups in total. The normalized spacial score (nSPS) is 19.2. The summed E-state index contributed by atoms with van der Waals surface area (Å²) in [6, 6.07) is 14.3. The van der Waals surface area contributed by atoms with Gasteiger partial charge in [-0.25, -0.2) is 0 Å². The molecule has 6 heteroatoms. The smallest absolute Gasteiger partial charge is 0.246 e. The Morgan fingerprint density at radius 1 is 0.774 bits per heavy atom. The maximum atomic E-state index is 13.6. The molecule has 1 fully saturated rings. The predicted octanol–water partition coefficient (Wildman–Crippen LogP) is 3.88. The van der Waals surface area contributed by atoms with Gasteiger partial charge in [0, 0.05) is 13.1 Å². The number of carbonyl (C=O) groups is 2. The SMILES string of the molecule is CC[C@H]1C(=O)N(Cc2ccc(OC)cc2)[C@@H](C(C)C)C(=O)N1Cc1ccc(OC)cc1. The zero-order valence-electron chi connectivity index (χ0n) is 19.0. The highest BCUT2D eigenvalue weighted by Crippen LogP contribution is 2.29. The lowest BCUT2D eigenvalue weighted by atomic mass is 9.93.